The van der Waals surface area contributed by atoms with Crippen molar-refractivity contribution in [3.63, 3.8) is 0 Å². The largest absolute Gasteiger partial charge is 0.496 e. The third-order valence-electron chi connectivity index (χ3n) is 4.94. The number of carbonyl (C=O) groups is 2. The molecule has 31 heavy (non-hydrogen) atoms. The third kappa shape index (κ3) is 4.02. The lowest BCUT2D eigenvalue weighted by Gasteiger charge is -2.17. The molecule has 1 aliphatic heterocycles. The minimum absolute atomic E-state index is 0.000965. The molecule has 5 nitrogen and oxygen atoms in total. The number of anilines is 1. The van der Waals surface area contributed by atoms with Crippen LogP contribution in [0, 0.1) is 11.6 Å². The van der Waals surface area contributed by atoms with Gasteiger partial charge in [0.05, 0.1) is 19.2 Å². The Labute approximate surface area is 177 Å². The molecule has 0 radical (unpaired) electrons. The summed E-state index contributed by atoms with van der Waals surface area (Å²) in [6, 6.07) is 17.8. The Kier molecular flexibility index (Phi) is 5.49. The number of methoxy groups -OCH3 is 1. The standard InChI is InChI=1S/C24H18F2N2O3/c1-31-20-5-3-2-4-16(20)14-28-23(29)21(15-6-8-17(25)9-7-15)22(24(28)30)27-19-12-10-18(26)11-13-19/h2-13,27H,14H2,1H3. The van der Waals surface area contributed by atoms with Crippen LogP contribution in [0.25, 0.3) is 5.57 Å². The predicted octanol–water partition coefficient (Wildman–Crippen LogP) is 4.37. The van der Waals surface area contributed by atoms with Crippen LogP contribution >= 0.6 is 0 Å². The number of halogens is 2. The molecular formula is C24H18F2N2O3. The Hall–Kier alpha value is -4.00. The highest BCUT2D eigenvalue weighted by Crippen LogP contribution is 2.32. The summed E-state index contributed by atoms with van der Waals surface area (Å²) in [5.41, 5.74) is 1.65. The smallest absolute Gasteiger partial charge is 0.278 e. The summed E-state index contributed by atoms with van der Waals surface area (Å²) in [5, 5.41) is 2.93. The van der Waals surface area contributed by atoms with E-state index in [1.807, 2.05) is 0 Å². The highest BCUT2D eigenvalue weighted by molar-refractivity contribution is 6.36. The molecular weight excluding hydrogens is 402 g/mol. The minimum Gasteiger partial charge on any atom is -0.496 e. The SMILES string of the molecule is COc1ccccc1CN1C(=O)C(Nc2ccc(F)cc2)=C(c2ccc(F)cc2)C1=O. The van der Waals surface area contributed by atoms with E-state index in [1.165, 1.54) is 55.6 Å². The van der Waals surface area contributed by atoms with Crippen molar-refractivity contribution in [3.8, 4) is 5.75 Å². The van der Waals surface area contributed by atoms with E-state index in [0.29, 0.717) is 22.6 Å². The summed E-state index contributed by atoms with van der Waals surface area (Å²) >= 11 is 0. The second-order valence-corrected chi connectivity index (χ2v) is 6.90. The molecule has 0 aromatic heterocycles. The van der Waals surface area contributed by atoms with E-state index in [1.54, 1.807) is 24.3 Å². The maximum absolute atomic E-state index is 13.4. The molecule has 0 bridgehead atoms. The minimum atomic E-state index is -0.542. The molecule has 1 heterocycles. The van der Waals surface area contributed by atoms with Gasteiger partial charge in [0.25, 0.3) is 11.8 Å². The van der Waals surface area contributed by atoms with Gasteiger partial charge in [-0.1, -0.05) is 30.3 Å². The van der Waals surface area contributed by atoms with Crippen LogP contribution in [0.4, 0.5) is 14.5 Å². The number of hydrogen-bond acceptors (Lipinski definition) is 4. The van der Waals surface area contributed by atoms with Crippen LogP contribution in [-0.2, 0) is 16.1 Å². The Morgan fingerprint density at radius 2 is 1.45 bits per heavy atom. The molecule has 1 N–H and O–H groups in total. The molecule has 7 heteroatoms. The zero-order valence-electron chi connectivity index (χ0n) is 16.6. The van der Waals surface area contributed by atoms with Gasteiger partial charge in [0.15, 0.2) is 0 Å². The van der Waals surface area contributed by atoms with Crippen molar-refractivity contribution in [2.45, 2.75) is 6.54 Å². The van der Waals surface area contributed by atoms with Crippen LogP contribution in [0.1, 0.15) is 11.1 Å². The van der Waals surface area contributed by atoms with Crippen LogP contribution in [-0.4, -0.2) is 23.8 Å². The molecule has 3 aromatic rings. The average Bonchev–Trinajstić information content (AvgIpc) is 3.00. The lowest BCUT2D eigenvalue weighted by Crippen LogP contribution is -2.32. The lowest BCUT2D eigenvalue weighted by atomic mass is 10.0. The van der Waals surface area contributed by atoms with Crippen LogP contribution in [0.15, 0.2) is 78.5 Å². The number of nitrogens with zero attached hydrogens (tertiary/aromatic N) is 1. The first kappa shape index (κ1) is 20.3. The first-order valence-corrected chi connectivity index (χ1v) is 9.49. The molecule has 0 spiro atoms. The Balaban J connectivity index is 1.74. The fourth-order valence-electron chi connectivity index (χ4n) is 3.40. The van der Waals surface area contributed by atoms with E-state index in [4.69, 9.17) is 4.74 Å². The second kappa shape index (κ2) is 8.39. The quantitative estimate of drug-likeness (QED) is 0.602. The summed E-state index contributed by atoms with van der Waals surface area (Å²) in [4.78, 5) is 27.6. The summed E-state index contributed by atoms with van der Waals surface area (Å²) in [6.07, 6.45) is 0. The Morgan fingerprint density at radius 3 is 2.10 bits per heavy atom. The highest BCUT2D eigenvalue weighted by atomic mass is 19.1. The van der Waals surface area contributed by atoms with E-state index in [-0.39, 0.29) is 17.8 Å². The van der Waals surface area contributed by atoms with Crippen molar-refractivity contribution in [1.29, 1.82) is 0 Å². The first-order chi connectivity index (χ1) is 15.0. The molecule has 0 unspecified atom stereocenters. The molecule has 156 valence electrons. The van der Waals surface area contributed by atoms with Gasteiger partial charge in [0.2, 0.25) is 0 Å². The number of nitrogens with one attached hydrogen (secondary N) is 1. The predicted molar refractivity (Wildman–Crippen MR) is 112 cm³/mol. The fourth-order valence-corrected chi connectivity index (χ4v) is 3.40. The summed E-state index contributed by atoms with van der Waals surface area (Å²) in [6.45, 7) is 0.000965. The zero-order valence-corrected chi connectivity index (χ0v) is 16.6. The van der Waals surface area contributed by atoms with Crippen molar-refractivity contribution in [2.75, 3.05) is 12.4 Å². The number of benzene rings is 3. The second-order valence-electron chi connectivity index (χ2n) is 6.90. The van der Waals surface area contributed by atoms with Crippen molar-refractivity contribution in [2.24, 2.45) is 0 Å². The molecule has 1 aliphatic rings. The van der Waals surface area contributed by atoms with Gasteiger partial charge in [0.1, 0.15) is 23.1 Å². The van der Waals surface area contributed by atoms with Crippen molar-refractivity contribution in [3.05, 3.63) is 101 Å². The molecule has 0 saturated carbocycles. The fraction of sp³-hybridized carbons (Fsp3) is 0.0833. The van der Waals surface area contributed by atoms with Gasteiger partial charge in [-0.3, -0.25) is 14.5 Å². The number of carbonyl (C=O) groups excluding carboxylic acids is 2. The molecule has 0 aliphatic carbocycles. The number of amides is 2. The van der Waals surface area contributed by atoms with Crippen LogP contribution in [0.3, 0.4) is 0 Å². The van der Waals surface area contributed by atoms with Gasteiger partial charge >= 0.3 is 0 Å². The number of rotatable bonds is 6. The number of para-hydroxylation sites is 1. The van der Waals surface area contributed by atoms with Crippen LogP contribution in [0.2, 0.25) is 0 Å². The van der Waals surface area contributed by atoms with Crippen molar-refractivity contribution in [1.82, 2.24) is 4.90 Å². The molecule has 0 atom stereocenters. The molecule has 2 amide bonds. The molecule has 0 saturated heterocycles. The van der Waals surface area contributed by atoms with Gasteiger partial charge < -0.3 is 10.1 Å². The summed E-state index contributed by atoms with van der Waals surface area (Å²) in [7, 11) is 1.51. The van der Waals surface area contributed by atoms with E-state index < -0.39 is 23.4 Å². The summed E-state index contributed by atoms with van der Waals surface area (Å²) in [5.74, 6) is -1.40. The van der Waals surface area contributed by atoms with Gasteiger partial charge in [-0.2, -0.15) is 0 Å². The lowest BCUT2D eigenvalue weighted by molar-refractivity contribution is -0.137. The number of imide groups is 1. The molecule has 3 aromatic carbocycles. The molecule has 4 rings (SSSR count). The topological polar surface area (TPSA) is 58.6 Å². The van der Waals surface area contributed by atoms with E-state index >= 15 is 0 Å². The van der Waals surface area contributed by atoms with Gasteiger partial charge in [-0.25, -0.2) is 8.78 Å². The maximum Gasteiger partial charge on any atom is 0.278 e. The van der Waals surface area contributed by atoms with E-state index in [2.05, 4.69) is 5.32 Å². The monoisotopic (exact) mass is 420 g/mol. The number of ether oxygens (including phenoxy) is 1. The van der Waals surface area contributed by atoms with Crippen LogP contribution < -0.4 is 10.1 Å². The van der Waals surface area contributed by atoms with E-state index in [0.717, 1.165) is 4.90 Å². The van der Waals surface area contributed by atoms with Crippen molar-refractivity contribution < 1.29 is 23.1 Å². The van der Waals surface area contributed by atoms with Gasteiger partial charge in [-0.15, -0.1) is 0 Å². The number of hydrogen-bond donors (Lipinski definition) is 1. The molecule has 0 fully saturated rings. The normalized spacial score (nSPS) is 13.7. The Morgan fingerprint density at radius 1 is 0.839 bits per heavy atom. The van der Waals surface area contributed by atoms with Crippen molar-refractivity contribution >= 4 is 23.1 Å². The first-order valence-electron chi connectivity index (χ1n) is 9.49. The average molecular weight is 420 g/mol. The van der Waals surface area contributed by atoms with Gasteiger partial charge in [-0.05, 0) is 48.0 Å². The van der Waals surface area contributed by atoms with E-state index in [9.17, 15) is 18.4 Å². The maximum atomic E-state index is 13.4. The van der Waals surface area contributed by atoms with Gasteiger partial charge in [0, 0.05) is 11.3 Å². The third-order valence-corrected chi connectivity index (χ3v) is 4.94. The highest BCUT2D eigenvalue weighted by Gasteiger charge is 2.39. The van der Waals surface area contributed by atoms with Crippen LogP contribution in [0.5, 0.6) is 5.75 Å². The Bertz CT molecular complexity index is 1170. The summed E-state index contributed by atoms with van der Waals surface area (Å²) < 4.78 is 32.0. The zero-order chi connectivity index (χ0) is 22.0.